The van der Waals surface area contributed by atoms with Crippen LogP contribution >= 0.6 is 24.0 Å². The van der Waals surface area contributed by atoms with Crippen molar-refractivity contribution in [2.24, 2.45) is 4.99 Å². The third kappa shape index (κ3) is 11.2. The zero-order chi connectivity index (χ0) is 16.4. The molecule has 0 aromatic carbocycles. The maximum absolute atomic E-state index is 12.2. The predicted octanol–water partition coefficient (Wildman–Crippen LogP) is 1.55. The van der Waals surface area contributed by atoms with Gasteiger partial charge in [-0.25, -0.2) is 0 Å². The van der Waals surface area contributed by atoms with Crippen LogP contribution in [-0.2, 0) is 6.54 Å². The minimum absolute atomic E-state index is 0. The van der Waals surface area contributed by atoms with Crippen LogP contribution in [0.15, 0.2) is 23.5 Å². The van der Waals surface area contributed by atoms with Crippen LogP contribution in [0.5, 0.6) is 0 Å². The van der Waals surface area contributed by atoms with Gasteiger partial charge in [0.1, 0.15) is 0 Å². The number of alkyl halides is 3. The number of aliphatic imine (C=N–C) groups is 1. The Bertz CT molecular complexity index is 435. The second kappa shape index (κ2) is 11.5. The molecule has 0 unspecified atom stereocenters. The highest BCUT2D eigenvalue weighted by atomic mass is 127. The van der Waals surface area contributed by atoms with Crippen molar-refractivity contribution in [2.45, 2.75) is 19.1 Å². The molecule has 0 fully saturated rings. The first-order valence-corrected chi connectivity index (χ1v) is 7.08. The Labute approximate surface area is 151 Å². The van der Waals surface area contributed by atoms with Crippen LogP contribution in [0.4, 0.5) is 13.2 Å². The van der Waals surface area contributed by atoms with Crippen molar-refractivity contribution in [3.05, 3.63) is 18.5 Å². The Morgan fingerprint density at radius 2 is 2.00 bits per heavy atom. The lowest BCUT2D eigenvalue weighted by molar-refractivity contribution is -0.142. The fourth-order valence-electron chi connectivity index (χ4n) is 1.85. The van der Waals surface area contributed by atoms with Crippen molar-refractivity contribution < 1.29 is 13.2 Å². The highest BCUT2D eigenvalue weighted by Crippen LogP contribution is 2.14. The molecule has 0 aliphatic heterocycles. The maximum atomic E-state index is 12.2. The summed E-state index contributed by atoms with van der Waals surface area (Å²) in [7, 11) is 3.07. The number of halogens is 4. The lowest BCUT2D eigenvalue weighted by atomic mass is 10.4. The van der Waals surface area contributed by atoms with Gasteiger partial charge in [0.15, 0.2) is 5.96 Å². The van der Waals surface area contributed by atoms with Crippen LogP contribution in [0.3, 0.4) is 0 Å². The van der Waals surface area contributed by atoms with Gasteiger partial charge in [-0.05, 0) is 19.5 Å². The molecule has 1 aromatic rings. The van der Waals surface area contributed by atoms with Gasteiger partial charge in [0.05, 0.1) is 6.54 Å². The molecular formula is C13H24F3IN6. The van der Waals surface area contributed by atoms with E-state index in [9.17, 15) is 13.2 Å². The number of nitrogens with one attached hydrogen (secondary N) is 2. The minimum atomic E-state index is -4.17. The highest BCUT2D eigenvalue weighted by molar-refractivity contribution is 14.0. The van der Waals surface area contributed by atoms with Gasteiger partial charge in [-0.15, -0.1) is 24.0 Å². The van der Waals surface area contributed by atoms with Crippen LogP contribution in [0, 0.1) is 0 Å². The van der Waals surface area contributed by atoms with Crippen molar-refractivity contribution >= 4 is 29.9 Å². The molecule has 0 bridgehead atoms. The first-order chi connectivity index (χ1) is 10.4. The number of hydrogen-bond donors (Lipinski definition) is 2. The third-order valence-corrected chi connectivity index (χ3v) is 2.87. The smallest absolute Gasteiger partial charge is 0.356 e. The molecule has 1 heterocycles. The fourth-order valence-corrected chi connectivity index (χ4v) is 1.85. The first kappa shape index (κ1) is 22.0. The summed E-state index contributed by atoms with van der Waals surface area (Å²) in [6, 6.07) is 1.87. The summed E-state index contributed by atoms with van der Waals surface area (Å²) >= 11 is 0. The molecular weight excluding hydrogens is 424 g/mol. The minimum Gasteiger partial charge on any atom is -0.356 e. The van der Waals surface area contributed by atoms with Crippen LogP contribution in [-0.4, -0.2) is 67.1 Å². The average molecular weight is 448 g/mol. The summed E-state index contributed by atoms with van der Waals surface area (Å²) < 4.78 is 38.4. The van der Waals surface area contributed by atoms with Crippen LogP contribution < -0.4 is 10.6 Å². The van der Waals surface area contributed by atoms with E-state index in [0.717, 1.165) is 13.0 Å². The second-order valence-electron chi connectivity index (χ2n) is 4.90. The molecule has 1 aromatic heterocycles. The first-order valence-electron chi connectivity index (χ1n) is 7.08. The highest BCUT2D eigenvalue weighted by Gasteiger charge is 2.28. The predicted molar refractivity (Wildman–Crippen MR) is 95.2 cm³/mol. The number of aromatic nitrogens is 2. The summed E-state index contributed by atoms with van der Waals surface area (Å²) in [4.78, 5) is 5.25. The SMILES string of the molecule is CN=C(NCCCn1cccn1)NCCN(C)CC(F)(F)F.I. The Kier molecular flexibility index (Phi) is 11.0. The molecule has 0 amide bonds. The number of hydrogen-bond acceptors (Lipinski definition) is 3. The Hall–Kier alpha value is -1.04. The molecule has 0 saturated heterocycles. The third-order valence-electron chi connectivity index (χ3n) is 2.87. The topological polar surface area (TPSA) is 57.5 Å². The number of likely N-dealkylation sites (N-methyl/N-ethyl adjacent to an activating group) is 1. The molecule has 6 nitrogen and oxygen atoms in total. The van der Waals surface area contributed by atoms with Crippen molar-refractivity contribution in [2.75, 3.05) is 40.3 Å². The second-order valence-corrected chi connectivity index (χ2v) is 4.90. The van der Waals surface area contributed by atoms with Crippen molar-refractivity contribution in [1.29, 1.82) is 0 Å². The molecule has 0 radical (unpaired) electrons. The van der Waals surface area contributed by atoms with Gasteiger partial charge in [0.2, 0.25) is 0 Å². The zero-order valence-corrected chi connectivity index (χ0v) is 15.6. The van der Waals surface area contributed by atoms with Crippen molar-refractivity contribution in [1.82, 2.24) is 25.3 Å². The quantitative estimate of drug-likeness (QED) is 0.274. The largest absolute Gasteiger partial charge is 0.401 e. The van der Waals surface area contributed by atoms with Crippen LogP contribution in [0.2, 0.25) is 0 Å². The summed E-state index contributed by atoms with van der Waals surface area (Å²) in [5.74, 6) is 0.584. The number of guanidine groups is 1. The molecule has 2 N–H and O–H groups in total. The molecule has 10 heteroatoms. The Morgan fingerprint density at radius 3 is 2.57 bits per heavy atom. The molecule has 1 rings (SSSR count). The van der Waals surface area contributed by atoms with E-state index in [-0.39, 0.29) is 30.5 Å². The fraction of sp³-hybridized carbons (Fsp3) is 0.692. The Balaban J connectivity index is 0.00000484. The van der Waals surface area contributed by atoms with Gasteiger partial charge in [-0.1, -0.05) is 0 Å². The molecule has 0 aliphatic carbocycles. The Morgan fingerprint density at radius 1 is 1.30 bits per heavy atom. The zero-order valence-electron chi connectivity index (χ0n) is 13.3. The van der Waals surface area contributed by atoms with E-state index in [1.807, 2.05) is 16.9 Å². The van der Waals surface area contributed by atoms with Gasteiger partial charge >= 0.3 is 6.18 Å². The summed E-state index contributed by atoms with van der Waals surface area (Å²) in [6.07, 6.45) is 0.326. The molecule has 0 atom stereocenters. The van der Waals surface area contributed by atoms with E-state index < -0.39 is 12.7 Å². The number of rotatable bonds is 8. The van der Waals surface area contributed by atoms with E-state index in [2.05, 4.69) is 20.7 Å². The average Bonchev–Trinajstić information content (AvgIpc) is 2.92. The summed E-state index contributed by atoms with van der Waals surface area (Å²) in [5.41, 5.74) is 0. The van der Waals surface area contributed by atoms with Gasteiger partial charge in [-0.2, -0.15) is 18.3 Å². The van der Waals surface area contributed by atoms with E-state index in [1.165, 1.54) is 11.9 Å². The molecule has 23 heavy (non-hydrogen) atoms. The monoisotopic (exact) mass is 448 g/mol. The standard InChI is InChI=1S/C13H23F3N6.HI/c1-17-12(18-5-3-8-22-9-4-6-20-22)19-7-10-21(2)11-13(14,15)16;/h4,6,9H,3,5,7-8,10-11H2,1-2H3,(H2,17,18,19);1H. The molecule has 0 saturated carbocycles. The number of aryl methyl sites for hydroxylation is 1. The van der Waals surface area contributed by atoms with E-state index in [0.29, 0.717) is 19.0 Å². The molecule has 0 spiro atoms. The normalized spacial score (nSPS) is 12.2. The van der Waals surface area contributed by atoms with Crippen LogP contribution in [0.25, 0.3) is 0 Å². The van der Waals surface area contributed by atoms with E-state index in [4.69, 9.17) is 0 Å². The lowest BCUT2D eigenvalue weighted by Crippen LogP contribution is -2.42. The van der Waals surface area contributed by atoms with E-state index >= 15 is 0 Å². The van der Waals surface area contributed by atoms with Gasteiger partial charge in [0, 0.05) is 45.6 Å². The van der Waals surface area contributed by atoms with Gasteiger partial charge in [-0.3, -0.25) is 14.6 Å². The lowest BCUT2D eigenvalue weighted by Gasteiger charge is -2.19. The molecule has 134 valence electrons. The number of nitrogens with zero attached hydrogens (tertiary/aromatic N) is 4. The van der Waals surface area contributed by atoms with Crippen molar-refractivity contribution in [3.8, 4) is 0 Å². The molecule has 0 aliphatic rings. The van der Waals surface area contributed by atoms with Crippen LogP contribution in [0.1, 0.15) is 6.42 Å². The van der Waals surface area contributed by atoms with Gasteiger partial charge in [0.25, 0.3) is 0 Å². The van der Waals surface area contributed by atoms with Gasteiger partial charge < -0.3 is 10.6 Å². The van der Waals surface area contributed by atoms with E-state index in [1.54, 1.807) is 13.2 Å². The summed E-state index contributed by atoms with van der Waals surface area (Å²) in [6.45, 7) is 1.27. The van der Waals surface area contributed by atoms with Crippen molar-refractivity contribution in [3.63, 3.8) is 0 Å². The summed E-state index contributed by atoms with van der Waals surface area (Å²) in [5, 5.41) is 10.2. The maximum Gasteiger partial charge on any atom is 0.401 e.